The SMILES string of the molecule is COc1cccc(C(=O)Oc2cccc(Nc3cc(C)ncn3)c2)c1. The van der Waals surface area contributed by atoms with Crippen molar-refractivity contribution in [1.82, 2.24) is 9.97 Å². The number of nitrogens with one attached hydrogen (secondary N) is 1. The van der Waals surface area contributed by atoms with Crippen LogP contribution in [0.2, 0.25) is 0 Å². The number of benzene rings is 2. The second kappa shape index (κ2) is 7.44. The first kappa shape index (κ1) is 16.4. The standard InChI is InChI=1S/C19H17N3O3/c1-13-9-18(21-12-20-13)22-15-6-4-8-17(11-15)25-19(23)14-5-3-7-16(10-14)24-2/h3-12H,1-2H3,(H,20,21,22). The minimum atomic E-state index is -0.450. The Morgan fingerprint density at radius 1 is 1.00 bits per heavy atom. The third kappa shape index (κ3) is 4.32. The number of aryl methyl sites for hydroxylation is 1. The van der Waals surface area contributed by atoms with Gasteiger partial charge in [-0.15, -0.1) is 0 Å². The molecule has 2 aromatic carbocycles. The van der Waals surface area contributed by atoms with Crippen LogP contribution in [0.3, 0.4) is 0 Å². The molecule has 126 valence electrons. The van der Waals surface area contributed by atoms with Crippen LogP contribution >= 0.6 is 0 Å². The van der Waals surface area contributed by atoms with Crippen LogP contribution in [0.5, 0.6) is 11.5 Å². The van der Waals surface area contributed by atoms with E-state index in [0.29, 0.717) is 22.9 Å². The van der Waals surface area contributed by atoms with Gasteiger partial charge in [-0.05, 0) is 37.3 Å². The molecule has 25 heavy (non-hydrogen) atoms. The molecule has 0 spiro atoms. The molecule has 1 N–H and O–H groups in total. The van der Waals surface area contributed by atoms with E-state index in [2.05, 4.69) is 15.3 Å². The molecule has 3 aromatic rings. The van der Waals surface area contributed by atoms with Crippen LogP contribution < -0.4 is 14.8 Å². The number of hydrogen-bond donors (Lipinski definition) is 1. The minimum Gasteiger partial charge on any atom is -0.497 e. The molecule has 0 atom stereocenters. The molecule has 6 heteroatoms. The average molecular weight is 335 g/mol. The smallest absolute Gasteiger partial charge is 0.343 e. The summed E-state index contributed by atoms with van der Waals surface area (Å²) in [5, 5.41) is 3.15. The number of carbonyl (C=O) groups excluding carboxylic acids is 1. The summed E-state index contributed by atoms with van der Waals surface area (Å²) in [7, 11) is 1.55. The zero-order valence-corrected chi connectivity index (χ0v) is 13.9. The van der Waals surface area contributed by atoms with E-state index in [9.17, 15) is 4.79 Å². The summed E-state index contributed by atoms with van der Waals surface area (Å²) in [6.45, 7) is 1.89. The van der Waals surface area contributed by atoms with Crippen LogP contribution in [0.25, 0.3) is 0 Å². The number of aromatic nitrogens is 2. The first-order chi connectivity index (χ1) is 12.1. The molecule has 0 unspecified atom stereocenters. The highest BCUT2D eigenvalue weighted by atomic mass is 16.5. The lowest BCUT2D eigenvalue weighted by Gasteiger charge is -2.09. The Bertz CT molecular complexity index is 896. The van der Waals surface area contributed by atoms with E-state index in [0.717, 1.165) is 11.4 Å². The molecule has 3 rings (SSSR count). The lowest BCUT2D eigenvalue weighted by Crippen LogP contribution is -2.08. The van der Waals surface area contributed by atoms with Gasteiger partial charge in [0.15, 0.2) is 0 Å². The number of carbonyl (C=O) groups is 1. The summed E-state index contributed by atoms with van der Waals surface area (Å²) < 4.78 is 10.6. The van der Waals surface area contributed by atoms with Gasteiger partial charge in [-0.1, -0.05) is 12.1 Å². The van der Waals surface area contributed by atoms with Gasteiger partial charge < -0.3 is 14.8 Å². The molecule has 0 amide bonds. The minimum absolute atomic E-state index is 0.420. The van der Waals surface area contributed by atoms with Crippen molar-refractivity contribution in [2.75, 3.05) is 12.4 Å². The zero-order chi connectivity index (χ0) is 17.6. The van der Waals surface area contributed by atoms with Crippen molar-refractivity contribution in [3.63, 3.8) is 0 Å². The molecule has 6 nitrogen and oxygen atoms in total. The largest absolute Gasteiger partial charge is 0.497 e. The fraction of sp³-hybridized carbons (Fsp3) is 0.105. The second-order valence-corrected chi connectivity index (χ2v) is 5.32. The van der Waals surface area contributed by atoms with Gasteiger partial charge in [-0.25, -0.2) is 14.8 Å². The van der Waals surface area contributed by atoms with E-state index in [1.807, 2.05) is 19.1 Å². The first-order valence-corrected chi connectivity index (χ1v) is 7.66. The Labute approximate surface area is 145 Å². The third-order valence-corrected chi connectivity index (χ3v) is 3.43. The summed E-state index contributed by atoms with van der Waals surface area (Å²) in [6.07, 6.45) is 1.49. The zero-order valence-electron chi connectivity index (χ0n) is 13.9. The molecular formula is C19H17N3O3. The van der Waals surface area contributed by atoms with Crippen molar-refractivity contribution in [2.24, 2.45) is 0 Å². The highest BCUT2D eigenvalue weighted by Crippen LogP contribution is 2.22. The molecule has 1 aromatic heterocycles. The van der Waals surface area contributed by atoms with Gasteiger partial charge in [0, 0.05) is 23.5 Å². The van der Waals surface area contributed by atoms with Gasteiger partial charge in [-0.3, -0.25) is 0 Å². The van der Waals surface area contributed by atoms with Gasteiger partial charge in [0.25, 0.3) is 0 Å². The van der Waals surface area contributed by atoms with Crippen LogP contribution in [-0.4, -0.2) is 23.0 Å². The van der Waals surface area contributed by atoms with E-state index >= 15 is 0 Å². The van der Waals surface area contributed by atoms with Crippen LogP contribution in [-0.2, 0) is 0 Å². The fourth-order valence-corrected chi connectivity index (χ4v) is 2.22. The predicted octanol–water partition coefficient (Wildman–Crippen LogP) is 3.76. The molecule has 0 aliphatic rings. The molecule has 0 aliphatic heterocycles. The number of rotatable bonds is 5. The molecule has 0 radical (unpaired) electrons. The molecule has 0 fully saturated rings. The molecule has 1 heterocycles. The lowest BCUT2D eigenvalue weighted by atomic mass is 10.2. The Morgan fingerprint density at radius 3 is 2.60 bits per heavy atom. The van der Waals surface area contributed by atoms with E-state index < -0.39 is 5.97 Å². The number of esters is 1. The van der Waals surface area contributed by atoms with Crippen LogP contribution in [0.1, 0.15) is 16.1 Å². The molecule has 0 aliphatic carbocycles. The van der Waals surface area contributed by atoms with Crippen LogP contribution in [0, 0.1) is 6.92 Å². The Balaban J connectivity index is 1.74. The third-order valence-electron chi connectivity index (χ3n) is 3.43. The topological polar surface area (TPSA) is 73.3 Å². The maximum absolute atomic E-state index is 12.3. The first-order valence-electron chi connectivity index (χ1n) is 7.66. The molecule has 0 bridgehead atoms. The second-order valence-electron chi connectivity index (χ2n) is 5.32. The van der Waals surface area contributed by atoms with Gasteiger partial charge in [-0.2, -0.15) is 0 Å². The van der Waals surface area contributed by atoms with Gasteiger partial charge >= 0.3 is 5.97 Å². The van der Waals surface area contributed by atoms with Crippen molar-refractivity contribution in [2.45, 2.75) is 6.92 Å². The maximum Gasteiger partial charge on any atom is 0.343 e. The Morgan fingerprint density at radius 2 is 1.80 bits per heavy atom. The summed E-state index contributed by atoms with van der Waals surface area (Å²) in [4.78, 5) is 20.5. The lowest BCUT2D eigenvalue weighted by molar-refractivity contribution is 0.0734. The summed E-state index contributed by atoms with van der Waals surface area (Å²) in [5.41, 5.74) is 2.04. The summed E-state index contributed by atoms with van der Waals surface area (Å²) in [6, 6.07) is 15.8. The number of methoxy groups -OCH3 is 1. The van der Waals surface area contributed by atoms with E-state index in [1.165, 1.54) is 6.33 Å². The number of ether oxygens (including phenoxy) is 2. The van der Waals surface area contributed by atoms with Crippen molar-refractivity contribution >= 4 is 17.5 Å². The quantitative estimate of drug-likeness (QED) is 0.565. The molecule has 0 saturated heterocycles. The number of anilines is 2. The van der Waals surface area contributed by atoms with Gasteiger partial charge in [0.1, 0.15) is 23.6 Å². The van der Waals surface area contributed by atoms with Gasteiger partial charge in [0.2, 0.25) is 0 Å². The predicted molar refractivity (Wildman–Crippen MR) is 94.4 cm³/mol. The van der Waals surface area contributed by atoms with Crippen LogP contribution in [0.4, 0.5) is 11.5 Å². The highest BCUT2D eigenvalue weighted by molar-refractivity contribution is 5.91. The highest BCUT2D eigenvalue weighted by Gasteiger charge is 2.10. The maximum atomic E-state index is 12.3. The monoisotopic (exact) mass is 335 g/mol. The van der Waals surface area contributed by atoms with Crippen LogP contribution in [0.15, 0.2) is 60.9 Å². The van der Waals surface area contributed by atoms with Crippen molar-refractivity contribution < 1.29 is 14.3 Å². The number of nitrogens with zero attached hydrogens (tertiary/aromatic N) is 2. The van der Waals surface area contributed by atoms with Crippen molar-refractivity contribution in [1.29, 1.82) is 0 Å². The van der Waals surface area contributed by atoms with E-state index in [4.69, 9.17) is 9.47 Å². The molecule has 0 saturated carbocycles. The van der Waals surface area contributed by atoms with Crippen molar-refractivity contribution in [3.05, 3.63) is 72.2 Å². The Kier molecular flexibility index (Phi) is 4.89. The molecular weight excluding hydrogens is 318 g/mol. The summed E-state index contributed by atoms with van der Waals surface area (Å²) >= 11 is 0. The normalized spacial score (nSPS) is 10.2. The van der Waals surface area contributed by atoms with E-state index in [-0.39, 0.29) is 0 Å². The van der Waals surface area contributed by atoms with E-state index in [1.54, 1.807) is 49.6 Å². The van der Waals surface area contributed by atoms with Gasteiger partial charge in [0.05, 0.1) is 12.7 Å². The summed E-state index contributed by atoms with van der Waals surface area (Å²) in [5.74, 6) is 1.25. The number of hydrogen-bond acceptors (Lipinski definition) is 6. The Hall–Kier alpha value is -3.41. The average Bonchev–Trinajstić information content (AvgIpc) is 2.62. The fourth-order valence-electron chi connectivity index (χ4n) is 2.22. The van der Waals surface area contributed by atoms with Crippen molar-refractivity contribution in [3.8, 4) is 11.5 Å².